The van der Waals surface area contributed by atoms with Crippen LogP contribution in [0.1, 0.15) is 12.8 Å². The summed E-state index contributed by atoms with van der Waals surface area (Å²) in [6, 6.07) is 6.21. The number of ether oxygens (including phenoxy) is 1. The van der Waals surface area contributed by atoms with Crippen molar-refractivity contribution in [2.45, 2.75) is 12.8 Å². The Balaban J connectivity index is 1.34. The predicted octanol–water partition coefficient (Wildman–Crippen LogP) is 3.15. The third-order valence-electron chi connectivity index (χ3n) is 6.26. The number of anilines is 1. The fraction of sp³-hybridized carbons (Fsp3) is 0.476. The zero-order chi connectivity index (χ0) is 20.0. The molecule has 0 N–H and O–H groups in total. The van der Waals surface area contributed by atoms with Crippen molar-refractivity contribution in [2.75, 3.05) is 45.2 Å². The molecule has 4 heterocycles. The molecule has 5 rings (SSSR count). The minimum atomic E-state index is 0.488. The molecule has 2 saturated heterocycles. The van der Waals surface area contributed by atoms with E-state index in [0.29, 0.717) is 5.41 Å². The number of aromatic nitrogens is 4. The summed E-state index contributed by atoms with van der Waals surface area (Å²) in [6.45, 7) is 4.62. The van der Waals surface area contributed by atoms with Crippen LogP contribution in [0.5, 0.6) is 5.75 Å². The largest absolute Gasteiger partial charge is 0.496 e. The summed E-state index contributed by atoms with van der Waals surface area (Å²) in [5.41, 5.74) is 3.62. The summed E-state index contributed by atoms with van der Waals surface area (Å²) in [5, 5.41) is 15.1. The molecule has 1 spiro atoms. The van der Waals surface area contributed by atoms with Crippen molar-refractivity contribution in [2.24, 2.45) is 12.5 Å². The summed E-state index contributed by atoms with van der Waals surface area (Å²) in [5.74, 6) is 0.810. The van der Waals surface area contributed by atoms with Crippen LogP contribution < -0.4 is 9.64 Å². The third kappa shape index (κ3) is 3.40. The van der Waals surface area contributed by atoms with Gasteiger partial charge in [-0.15, -0.1) is 10.2 Å². The lowest BCUT2D eigenvalue weighted by molar-refractivity contribution is 0.0905. The Hall–Kier alpha value is -2.45. The molecule has 2 fully saturated rings. The van der Waals surface area contributed by atoms with Gasteiger partial charge in [-0.3, -0.25) is 4.68 Å². The van der Waals surface area contributed by atoms with Gasteiger partial charge in [-0.25, -0.2) is 0 Å². The summed E-state index contributed by atoms with van der Waals surface area (Å²) in [4.78, 5) is 4.81. The van der Waals surface area contributed by atoms with E-state index < -0.39 is 0 Å². The van der Waals surface area contributed by atoms with Gasteiger partial charge >= 0.3 is 0 Å². The van der Waals surface area contributed by atoms with Gasteiger partial charge in [0.2, 0.25) is 5.13 Å². The van der Waals surface area contributed by atoms with E-state index in [1.807, 2.05) is 25.5 Å². The molecule has 0 amide bonds. The van der Waals surface area contributed by atoms with Crippen molar-refractivity contribution in [1.82, 2.24) is 24.9 Å². The van der Waals surface area contributed by atoms with E-state index in [-0.39, 0.29) is 0 Å². The minimum Gasteiger partial charge on any atom is -0.496 e. The number of hydrogen-bond acceptors (Lipinski definition) is 7. The molecule has 0 unspecified atom stereocenters. The fourth-order valence-corrected chi connectivity index (χ4v) is 5.25. The first-order valence-electron chi connectivity index (χ1n) is 10.00. The van der Waals surface area contributed by atoms with Crippen molar-refractivity contribution >= 4 is 16.5 Å². The van der Waals surface area contributed by atoms with Crippen LogP contribution in [0.25, 0.3) is 21.7 Å². The maximum absolute atomic E-state index is 5.67. The Morgan fingerprint density at radius 2 is 1.86 bits per heavy atom. The molecule has 152 valence electrons. The SMILES string of the molecule is COc1cc(-c2cnn(C)c2)ccc1-c1nnc(N2CC3(CCN(C)CC3)C2)s1. The van der Waals surface area contributed by atoms with E-state index in [0.717, 1.165) is 45.7 Å². The van der Waals surface area contributed by atoms with Crippen LogP contribution in [0, 0.1) is 5.41 Å². The second-order valence-electron chi connectivity index (χ2n) is 8.37. The summed E-state index contributed by atoms with van der Waals surface area (Å²) >= 11 is 1.65. The van der Waals surface area contributed by atoms with Gasteiger partial charge in [0.15, 0.2) is 5.01 Å². The van der Waals surface area contributed by atoms with Gasteiger partial charge in [0.25, 0.3) is 0 Å². The summed E-state index contributed by atoms with van der Waals surface area (Å²) < 4.78 is 7.47. The van der Waals surface area contributed by atoms with Crippen LogP contribution in [0.4, 0.5) is 5.13 Å². The van der Waals surface area contributed by atoms with Crippen LogP contribution >= 0.6 is 11.3 Å². The normalized spacial score (nSPS) is 18.8. The number of likely N-dealkylation sites (tertiary alicyclic amines) is 1. The van der Waals surface area contributed by atoms with Gasteiger partial charge in [0, 0.05) is 37.3 Å². The van der Waals surface area contributed by atoms with Crippen LogP contribution in [-0.4, -0.2) is 65.2 Å². The van der Waals surface area contributed by atoms with Gasteiger partial charge in [-0.2, -0.15) is 5.10 Å². The van der Waals surface area contributed by atoms with E-state index in [9.17, 15) is 0 Å². The van der Waals surface area contributed by atoms with Crippen LogP contribution in [0.15, 0.2) is 30.6 Å². The van der Waals surface area contributed by atoms with Gasteiger partial charge in [-0.05, 0) is 50.7 Å². The molecule has 2 aliphatic heterocycles. The molecule has 0 atom stereocenters. The molecular formula is C21H26N6OS. The monoisotopic (exact) mass is 410 g/mol. The van der Waals surface area contributed by atoms with Gasteiger partial charge < -0.3 is 14.5 Å². The average molecular weight is 411 g/mol. The van der Waals surface area contributed by atoms with Crippen LogP contribution in [-0.2, 0) is 7.05 Å². The highest BCUT2D eigenvalue weighted by Gasteiger charge is 2.45. The Kier molecular flexibility index (Phi) is 4.55. The average Bonchev–Trinajstić information content (AvgIpc) is 3.36. The molecule has 3 aromatic rings. The molecule has 2 aliphatic rings. The molecule has 2 aromatic heterocycles. The number of aryl methyl sites for hydroxylation is 1. The Labute approximate surface area is 174 Å². The van der Waals surface area contributed by atoms with Crippen molar-refractivity contribution < 1.29 is 4.74 Å². The number of methoxy groups -OCH3 is 1. The molecule has 1 aromatic carbocycles. The van der Waals surface area contributed by atoms with Crippen LogP contribution in [0.2, 0.25) is 0 Å². The quantitative estimate of drug-likeness (QED) is 0.659. The number of piperidine rings is 1. The lowest BCUT2D eigenvalue weighted by Gasteiger charge is -2.53. The molecule has 29 heavy (non-hydrogen) atoms. The second-order valence-corrected chi connectivity index (χ2v) is 9.32. The van der Waals surface area contributed by atoms with Gasteiger partial charge in [-0.1, -0.05) is 17.4 Å². The zero-order valence-electron chi connectivity index (χ0n) is 17.1. The maximum atomic E-state index is 5.67. The number of nitrogens with zero attached hydrogens (tertiary/aromatic N) is 6. The third-order valence-corrected chi connectivity index (χ3v) is 7.27. The first kappa shape index (κ1) is 18.6. The Bertz CT molecular complexity index is 1010. The van der Waals surface area contributed by atoms with E-state index in [2.05, 4.69) is 44.3 Å². The first-order valence-corrected chi connectivity index (χ1v) is 10.8. The molecule has 0 bridgehead atoms. The second kappa shape index (κ2) is 7.11. The van der Waals surface area contributed by atoms with Crippen molar-refractivity contribution in [3.8, 4) is 27.4 Å². The highest BCUT2D eigenvalue weighted by molar-refractivity contribution is 7.18. The van der Waals surface area contributed by atoms with E-state index in [1.54, 1.807) is 23.1 Å². The van der Waals surface area contributed by atoms with Crippen molar-refractivity contribution in [1.29, 1.82) is 0 Å². The fourth-order valence-electron chi connectivity index (χ4n) is 4.38. The highest BCUT2D eigenvalue weighted by Crippen LogP contribution is 2.44. The minimum absolute atomic E-state index is 0.488. The van der Waals surface area contributed by atoms with Crippen molar-refractivity contribution in [3.05, 3.63) is 30.6 Å². The topological polar surface area (TPSA) is 59.3 Å². The summed E-state index contributed by atoms with van der Waals surface area (Å²) in [6.07, 6.45) is 6.44. The lowest BCUT2D eigenvalue weighted by atomic mass is 9.72. The Morgan fingerprint density at radius 1 is 1.07 bits per heavy atom. The smallest absolute Gasteiger partial charge is 0.208 e. The van der Waals surface area contributed by atoms with E-state index in [4.69, 9.17) is 4.74 Å². The first-order chi connectivity index (χ1) is 14.0. The number of benzene rings is 1. The molecule has 0 saturated carbocycles. The highest BCUT2D eigenvalue weighted by atomic mass is 32.1. The molecule has 7 nitrogen and oxygen atoms in total. The standard InChI is InChI=1S/C21H26N6OS/c1-25-8-6-21(7-9-25)13-27(14-21)20-24-23-19(29-20)17-5-4-15(10-18(17)28-3)16-11-22-26(2)12-16/h4-5,10-12H,6-9,13-14H2,1-3H3. The molecule has 0 radical (unpaired) electrons. The predicted molar refractivity (Wildman–Crippen MR) is 115 cm³/mol. The molecular weight excluding hydrogens is 384 g/mol. The molecule has 0 aliphatic carbocycles. The Morgan fingerprint density at radius 3 is 2.55 bits per heavy atom. The van der Waals surface area contributed by atoms with Gasteiger partial charge in [0.1, 0.15) is 5.75 Å². The molecule has 8 heteroatoms. The number of rotatable bonds is 4. The summed E-state index contributed by atoms with van der Waals surface area (Å²) in [7, 11) is 5.84. The maximum Gasteiger partial charge on any atom is 0.208 e. The zero-order valence-corrected chi connectivity index (χ0v) is 17.9. The van der Waals surface area contributed by atoms with Gasteiger partial charge in [0.05, 0.1) is 18.9 Å². The number of hydrogen-bond donors (Lipinski definition) is 0. The lowest BCUT2D eigenvalue weighted by Crippen LogP contribution is -2.60. The van der Waals surface area contributed by atoms with E-state index >= 15 is 0 Å². The van der Waals surface area contributed by atoms with E-state index in [1.165, 1.54) is 25.9 Å². The van der Waals surface area contributed by atoms with Crippen molar-refractivity contribution in [3.63, 3.8) is 0 Å². The van der Waals surface area contributed by atoms with Crippen LogP contribution in [0.3, 0.4) is 0 Å².